The number of hydrogen-bond donors (Lipinski definition) is 0. The number of allylic oxidation sites excluding steroid dienone is 2. The molecule has 0 aromatic carbocycles. The van der Waals surface area contributed by atoms with Crippen LogP contribution in [-0.2, 0) is 19.1 Å². The highest BCUT2D eigenvalue weighted by Gasteiger charge is 2.64. The molecule has 4 bridgehead atoms. The average Bonchev–Trinajstić information content (AvgIpc) is 3.64. The van der Waals surface area contributed by atoms with Crippen LogP contribution in [0.25, 0.3) is 0 Å². The topological polar surface area (TPSA) is 52.6 Å². The van der Waals surface area contributed by atoms with Crippen molar-refractivity contribution in [1.82, 2.24) is 0 Å². The summed E-state index contributed by atoms with van der Waals surface area (Å²) in [6.45, 7) is 14.0. The molecular weight excluding hydrogens is 496 g/mol. The minimum absolute atomic E-state index is 0.00845. The van der Waals surface area contributed by atoms with Crippen LogP contribution < -0.4 is 0 Å². The fourth-order valence-electron chi connectivity index (χ4n) is 10.8. The predicted molar refractivity (Wildman–Crippen MR) is 158 cm³/mol. The highest BCUT2D eigenvalue weighted by atomic mass is 16.5. The molecule has 8 unspecified atom stereocenters. The van der Waals surface area contributed by atoms with Crippen molar-refractivity contribution >= 4 is 11.9 Å². The van der Waals surface area contributed by atoms with Gasteiger partial charge in [-0.15, -0.1) is 0 Å². The maximum absolute atomic E-state index is 13.4. The SMILES string of the molecule is CC(C)(C)C1CCC(OC(=O)CC2C(CC(=O)OC3CCC(C(C)(C)C)CC3)C3CC2C2C4C=CC(C4)C32)CC1. The molecule has 0 amide bonds. The zero-order valence-electron chi connectivity index (χ0n) is 26.2. The van der Waals surface area contributed by atoms with E-state index in [9.17, 15) is 9.59 Å². The molecule has 6 aliphatic carbocycles. The van der Waals surface area contributed by atoms with Crippen molar-refractivity contribution in [1.29, 1.82) is 0 Å². The first kappa shape index (κ1) is 28.8. The number of carbonyl (C=O) groups is 2. The summed E-state index contributed by atoms with van der Waals surface area (Å²) in [6.07, 6.45) is 17.2. The molecule has 0 saturated heterocycles. The van der Waals surface area contributed by atoms with Gasteiger partial charge in [0.2, 0.25) is 0 Å². The summed E-state index contributed by atoms with van der Waals surface area (Å²) in [5, 5.41) is 0. The Hall–Kier alpha value is -1.32. The first-order valence-corrected chi connectivity index (χ1v) is 17.0. The summed E-state index contributed by atoms with van der Waals surface area (Å²) in [5.74, 6) is 5.95. The van der Waals surface area contributed by atoms with Crippen molar-refractivity contribution in [3.63, 3.8) is 0 Å². The lowest BCUT2D eigenvalue weighted by Crippen LogP contribution is -2.40. The third-order valence-corrected chi connectivity index (χ3v) is 13.0. The molecule has 0 spiro atoms. The van der Waals surface area contributed by atoms with Gasteiger partial charge < -0.3 is 9.47 Å². The van der Waals surface area contributed by atoms with Crippen LogP contribution in [0.5, 0.6) is 0 Å². The van der Waals surface area contributed by atoms with Gasteiger partial charge in [0.1, 0.15) is 12.2 Å². The van der Waals surface area contributed by atoms with E-state index in [1.807, 2.05) is 0 Å². The molecule has 0 aromatic rings. The first-order valence-electron chi connectivity index (χ1n) is 17.0. The molecule has 5 fully saturated rings. The van der Waals surface area contributed by atoms with Crippen molar-refractivity contribution < 1.29 is 19.1 Å². The van der Waals surface area contributed by atoms with Gasteiger partial charge in [-0.3, -0.25) is 9.59 Å². The van der Waals surface area contributed by atoms with Gasteiger partial charge in [0, 0.05) is 12.8 Å². The summed E-state index contributed by atoms with van der Waals surface area (Å²) in [7, 11) is 0. The fourth-order valence-corrected chi connectivity index (χ4v) is 10.8. The van der Waals surface area contributed by atoms with Crippen molar-refractivity contribution in [3.05, 3.63) is 12.2 Å². The third kappa shape index (κ3) is 5.56. The molecule has 0 aromatic heterocycles. The van der Waals surface area contributed by atoms with Gasteiger partial charge in [-0.2, -0.15) is 0 Å². The van der Waals surface area contributed by atoms with Crippen molar-refractivity contribution in [2.75, 3.05) is 0 Å². The monoisotopic (exact) mass is 552 g/mol. The van der Waals surface area contributed by atoms with Gasteiger partial charge in [-0.25, -0.2) is 0 Å². The molecule has 6 rings (SSSR count). The van der Waals surface area contributed by atoms with E-state index in [0.717, 1.165) is 75.0 Å². The highest BCUT2D eigenvalue weighted by molar-refractivity contribution is 5.72. The van der Waals surface area contributed by atoms with Gasteiger partial charge in [0.05, 0.1) is 0 Å². The van der Waals surface area contributed by atoms with E-state index < -0.39 is 0 Å². The van der Waals surface area contributed by atoms with Crippen LogP contribution >= 0.6 is 0 Å². The number of ether oxygens (including phenoxy) is 2. The molecule has 0 N–H and O–H groups in total. The Morgan fingerprint density at radius 2 is 0.975 bits per heavy atom. The van der Waals surface area contributed by atoms with Gasteiger partial charge >= 0.3 is 11.9 Å². The summed E-state index contributed by atoms with van der Waals surface area (Å²) < 4.78 is 12.3. The van der Waals surface area contributed by atoms with E-state index in [2.05, 4.69) is 53.7 Å². The van der Waals surface area contributed by atoms with Crippen LogP contribution in [0.2, 0.25) is 0 Å². The van der Waals surface area contributed by atoms with E-state index in [-0.39, 0.29) is 36.0 Å². The van der Waals surface area contributed by atoms with Crippen LogP contribution in [0.1, 0.15) is 119 Å². The number of rotatable bonds is 6. The zero-order valence-corrected chi connectivity index (χ0v) is 26.2. The molecule has 4 heteroatoms. The van der Waals surface area contributed by atoms with Gasteiger partial charge in [0.25, 0.3) is 0 Å². The lowest BCUT2D eigenvalue weighted by Gasteiger charge is -2.42. The lowest BCUT2D eigenvalue weighted by atomic mass is 9.63. The van der Waals surface area contributed by atoms with Gasteiger partial charge in [0.15, 0.2) is 0 Å². The standard InChI is InChI=1S/C36H56O4/c1-35(2,3)23-9-13-25(14-10-23)39-31(37)19-27-28(30-18-29(27)33-21-7-8-22(17-21)34(30)33)20-32(38)40-26-15-11-24(12-16-26)36(4,5)6/h7-8,21-30,33-34H,9-20H2,1-6H3. The average molecular weight is 553 g/mol. The van der Waals surface area contributed by atoms with E-state index >= 15 is 0 Å². The second kappa shape index (κ2) is 10.7. The predicted octanol–water partition coefficient (Wildman–Crippen LogP) is 8.38. The number of fused-ring (bicyclic) bond motifs is 9. The lowest BCUT2D eigenvalue weighted by molar-refractivity contribution is -0.158. The van der Waals surface area contributed by atoms with E-state index in [1.54, 1.807) is 0 Å². The molecule has 5 saturated carbocycles. The largest absolute Gasteiger partial charge is 0.462 e. The summed E-state index contributed by atoms with van der Waals surface area (Å²) in [5.41, 5.74) is 0.662. The zero-order chi connectivity index (χ0) is 28.4. The number of hydrogen-bond acceptors (Lipinski definition) is 4. The maximum atomic E-state index is 13.4. The maximum Gasteiger partial charge on any atom is 0.306 e. The minimum atomic E-state index is -0.00845. The Morgan fingerprint density at radius 3 is 1.32 bits per heavy atom. The summed E-state index contributed by atoms with van der Waals surface area (Å²) in [6, 6.07) is 0. The Balaban J connectivity index is 1.07. The second-order valence-corrected chi connectivity index (χ2v) is 17.1. The highest BCUT2D eigenvalue weighted by Crippen LogP contribution is 2.69. The normalized spacial score (nSPS) is 44.0. The molecule has 0 aliphatic heterocycles. The van der Waals surface area contributed by atoms with Crippen molar-refractivity contribution in [3.8, 4) is 0 Å². The Kier molecular flexibility index (Phi) is 7.73. The molecule has 224 valence electrons. The number of carbonyl (C=O) groups excluding carboxylic acids is 2. The van der Waals surface area contributed by atoms with E-state index in [1.165, 1.54) is 12.8 Å². The Bertz CT molecular complexity index is 892. The molecule has 6 aliphatic rings. The molecule has 0 heterocycles. The Morgan fingerprint density at radius 1 is 0.600 bits per heavy atom. The van der Waals surface area contributed by atoms with Crippen LogP contribution in [0.4, 0.5) is 0 Å². The van der Waals surface area contributed by atoms with Gasteiger partial charge in [-0.05, 0) is 134 Å². The molecule has 8 atom stereocenters. The fraction of sp³-hybridized carbons (Fsp3) is 0.889. The second-order valence-electron chi connectivity index (χ2n) is 17.1. The minimum Gasteiger partial charge on any atom is -0.462 e. The summed E-state index contributed by atoms with van der Waals surface area (Å²) >= 11 is 0. The molecule has 0 radical (unpaired) electrons. The third-order valence-electron chi connectivity index (χ3n) is 13.0. The van der Waals surface area contributed by atoms with E-state index in [0.29, 0.717) is 47.3 Å². The summed E-state index contributed by atoms with van der Waals surface area (Å²) in [4.78, 5) is 26.8. The van der Waals surface area contributed by atoms with E-state index in [4.69, 9.17) is 9.47 Å². The molecule has 4 nitrogen and oxygen atoms in total. The Labute approximate surface area is 243 Å². The van der Waals surface area contributed by atoms with Crippen LogP contribution in [0.3, 0.4) is 0 Å². The molecule has 40 heavy (non-hydrogen) atoms. The quantitative estimate of drug-likeness (QED) is 0.189. The van der Waals surface area contributed by atoms with Crippen molar-refractivity contribution in [2.24, 2.45) is 70.0 Å². The first-order chi connectivity index (χ1) is 18.9. The molecular formula is C36H56O4. The van der Waals surface area contributed by atoms with Crippen LogP contribution in [-0.4, -0.2) is 24.1 Å². The van der Waals surface area contributed by atoms with Crippen LogP contribution in [0.15, 0.2) is 12.2 Å². The number of esters is 2. The van der Waals surface area contributed by atoms with Crippen LogP contribution in [0, 0.1) is 70.0 Å². The smallest absolute Gasteiger partial charge is 0.306 e. The van der Waals surface area contributed by atoms with Gasteiger partial charge in [-0.1, -0.05) is 53.7 Å². The van der Waals surface area contributed by atoms with Crippen molar-refractivity contribution in [2.45, 2.75) is 131 Å².